The van der Waals surface area contributed by atoms with Gasteiger partial charge in [0, 0.05) is 5.75 Å². The fourth-order valence-corrected chi connectivity index (χ4v) is 3.07. The Bertz CT molecular complexity index is 610. The van der Waals surface area contributed by atoms with E-state index in [1.165, 1.54) is 0 Å². The second-order valence-electron chi connectivity index (χ2n) is 5.82. The molecule has 1 aromatic rings. The molecule has 1 unspecified atom stereocenters. The van der Waals surface area contributed by atoms with Crippen LogP contribution < -0.4 is 14.8 Å². The maximum absolute atomic E-state index is 11.7. The lowest BCUT2D eigenvalue weighted by molar-refractivity contribution is 0.0505. The molecule has 0 saturated carbocycles. The Morgan fingerprint density at radius 3 is 2.76 bits per heavy atom. The molecule has 5 nitrogen and oxygen atoms in total. The van der Waals surface area contributed by atoms with E-state index in [1.807, 2.05) is 32.0 Å². The minimum absolute atomic E-state index is 0.0275. The first-order chi connectivity index (χ1) is 9.77. The van der Waals surface area contributed by atoms with Crippen molar-refractivity contribution in [2.45, 2.75) is 38.8 Å². The first kappa shape index (κ1) is 16.1. The van der Waals surface area contributed by atoms with Crippen LogP contribution in [-0.4, -0.2) is 38.8 Å². The van der Waals surface area contributed by atoms with E-state index < -0.39 is 15.4 Å². The van der Waals surface area contributed by atoms with Crippen LogP contribution in [0, 0.1) is 0 Å². The van der Waals surface area contributed by atoms with Gasteiger partial charge >= 0.3 is 0 Å². The number of ether oxygens (including phenoxy) is 2. The SMILES string of the molecule is CCS(=O)(=O)CNC1Cc2cc(OC)ccc2OC1(C)C. The summed E-state index contributed by atoms with van der Waals surface area (Å²) in [5, 5.41) is 3.13. The largest absolute Gasteiger partial charge is 0.497 e. The molecule has 0 radical (unpaired) electrons. The first-order valence-electron chi connectivity index (χ1n) is 7.07. The number of hydrogen-bond donors (Lipinski definition) is 1. The van der Waals surface area contributed by atoms with Gasteiger partial charge in [-0.1, -0.05) is 6.92 Å². The Labute approximate surface area is 126 Å². The highest BCUT2D eigenvalue weighted by Crippen LogP contribution is 2.35. The van der Waals surface area contributed by atoms with Crippen molar-refractivity contribution >= 4 is 9.84 Å². The lowest BCUT2D eigenvalue weighted by Crippen LogP contribution is -2.55. The van der Waals surface area contributed by atoms with E-state index >= 15 is 0 Å². The Kier molecular flexibility index (Phi) is 4.49. The highest BCUT2D eigenvalue weighted by Gasteiger charge is 2.37. The molecule has 1 aliphatic rings. The van der Waals surface area contributed by atoms with Gasteiger partial charge in [-0.3, -0.25) is 5.32 Å². The molecular weight excluding hydrogens is 290 g/mol. The highest BCUT2D eigenvalue weighted by atomic mass is 32.2. The maximum atomic E-state index is 11.7. The zero-order valence-electron chi connectivity index (χ0n) is 13.0. The average molecular weight is 313 g/mol. The van der Waals surface area contributed by atoms with Crippen molar-refractivity contribution in [3.05, 3.63) is 23.8 Å². The van der Waals surface area contributed by atoms with E-state index in [-0.39, 0.29) is 17.7 Å². The van der Waals surface area contributed by atoms with Crippen molar-refractivity contribution < 1.29 is 17.9 Å². The fraction of sp³-hybridized carbons (Fsp3) is 0.600. The van der Waals surface area contributed by atoms with Gasteiger partial charge in [-0.05, 0) is 44.0 Å². The van der Waals surface area contributed by atoms with E-state index in [2.05, 4.69) is 5.32 Å². The third kappa shape index (κ3) is 3.68. The van der Waals surface area contributed by atoms with Gasteiger partial charge in [0.25, 0.3) is 0 Å². The highest BCUT2D eigenvalue weighted by molar-refractivity contribution is 7.91. The summed E-state index contributed by atoms with van der Waals surface area (Å²) in [7, 11) is -1.43. The minimum atomic E-state index is -3.05. The lowest BCUT2D eigenvalue weighted by Gasteiger charge is -2.40. The molecule has 2 rings (SSSR count). The predicted octanol–water partition coefficient (Wildman–Crippen LogP) is 1.76. The summed E-state index contributed by atoms with van der Waals surface area (Å²) in [5.74, 6) is 1.72. The van der Waals surface area contributed by atoms with E-state index in [0.29, 0.717) is 6.42 Å². The zero-order valence-corrected chi connectivity index (χ0v) is 13.8. The average Bonchev–Trinajstić information content (AvgIpc) is 2.44. The van der Waals surface area contributed by atoms with Crippen molar-refractivity contribution in [3.8, 4) is 11.5 Å². The van der Waals surface area contributed by atoms with Crippen LogP contribution in [0.5, 0.6) is 11.5 Å². The molecule has 118 valence electrons. The van der Waals surface area contributed by atoms with Gasteiger partial charge < -0.3 is 9.47 Å². The summed E-state index contributed by atoms with van der Waals surface area (Å²) in [4.78, 5) is 0. The molecule has 6 heteroatoms. The first-order valence-corrected chi connectivity index (χ1v) is 8.89. The van der Waals surface area contributed by atoms with Crippen molar-refractivity contribution in [1.82, 2.24) is 5.32 Å². The summed E-state index contributed by atoms with van der Waals surface area (Å²) in [5.41, 5.74) is 0.560. The van der Waals surface area contributed by atoms with Crippen molar-refractivity contribution in [3.63, 3.8) is 0 Å². The van der Waals surface area contributed by atoms with Crippen molar-refractivity contribution in [2.24, 2.45) is 0 Å². The standard InChI is InChI=1S/C15H23NO4S/c1-5-21(17,18)10-16-14-9-11-8-12(19-4)6-7-13(11)20-15(14,2)3/h6-8,14,16H,5,9-10H2,1-4H3. The van der Waals surface area contributed by atoms with Gasteiger partial charge in [0.15, 0.2) is 9.84 Å². The lowest BCUT2D eigenvalue weighted by atomic mass is 9.89. The summed E-state index contributed by atoms with van der Waals surface area (Å²) in [6.45, 7) is 5.59. The molecule has 0 saturated heterocycles. The van der Waals surface area contributed by atoms with Gasteiger partial charge in [-0.15, -0.1) is 0 Å². The smallest absolute Gasteiger partial charge is 0.162 e. The second kappa shape index (κ2) is 5.85. The number of sulfone groups is 1. The molecule has 1 heterocycles. The molecule has 1 N–H and O–H groups in total. The summed E-state index contributed by atoms with van der Waals surface area (Å²) in [6, 6.07) is 5.63. The molecule has 0 amide bonds. The molecule has 1 aliphatic heterocycles. The maximum Gasteiger partial charge on any atom is 0.162 e. The molecule has 1 aromatic carbocycles. The van der Waals surface area contributed by atoms with Crippen LogP contribution in [-0.2, 0) is 16.3 Å². The Hall–Kier alpha value is -1.27. The number of methoxy groups -OCH3 is 1. The molecular formula is C15H23NO4S. The normalized spacial score (nSPS) is 20.5. The van der Waals surface area contributed by atoms with Crippen LogP contribution in [0.25, 0.3) is 0 Å². The Balaban J connectivity index is 2.19. The predicted molar refractivity (Wildman–Crippen MR) is 82.7 cm³/mol. The monoisotopic (exact) mass is 313 g/mol. The minimum Gasteiger partial charge on any atom is -0.497 e. The summed E-state index contributed by atoms with van der Waals surface area (Å²) < 4.78 is 34.6. The second-order valence-corrected chi connectivity index (χ2v) is 8.17. The third-order valence-corrected chi connectivity index (χ3v) is 5.38. The number of hydrogen-bond acceptors (Lipinski definition) is 5. The summed E-state index contributed by atoms with van der Waals surface area (Å²) >= 11 is 0. The van der Waals surface area contributed by atoms with Crippen molar-refractivity contribution in [2.75, 3.05) is 18.7 Å². The fourth-order valence-electron chi connectivity index (χ4n) is 2.41. The molecule has 0 aliphatic carbocycles. The van der Waals surface area contributed by atoms with Gasteiger partial charge in [-0.2, -0.15) is 0 Å². The van der Waals surface area contributed by atoms with Crippen LogP contribution in [0.15, 0.2) is 18.2 Å². The summed E-state index contributed by atoms with van der Waals surface area (Å²) in [6.07, 6.45) is 0.707. The van der Waals surface area contributed by atoms with Crippen LogP contribution >= 0.6 is 0 Å². The van der Waals surface area contributed by atoms with Crippen molar-refractivity contribution in [1.29, 1.82) is 0 Å². The van der Waals surface area contributed by atoms with Crippen LogP contribution in [0.4, 0.5) is 0 Å². The van der Waals surface area contributed by atoms with Gasteiger partial charge in [-0.25, -0.2) is 8.42 Å². The molecule has 0 spiro atoms. The van der Waals surface area contributed by atoms with Crippen LogP contribution in [0.1, 0.15) is 26.3 Å². The molecule has 0 fully saturated rings. The molecule has 1 atom stereocenters. The van der Waals surface area contributed by atoms with Gasteiger partial charge in [0.1, 0.15) is 17.1 Å². The number of nitrogens with one attached hydrogen (secondary N) is 1. The van der Waals surface area contributed by atoms with Crippen LogP contribution in [0.3, 0.4) is 0 Å². The van der Waals surface area contributed by atoms with E-state index in [1.54, 1.807) is 14.0 Å². The number of benzene rings is 1. The van der Waals surface area contributed by atoms with Gasteiger partial charge in [0.05, 0.1) is 19.0 Å². The Morgan fingerprint density at radius 2 is 2.14 bits per heavy atom. The Morgan fingerprint density at radius 1 is 1.43 bits per heavy atom. The topological polar surface area (TPSA) is 64.6 Å². The molecule has 0 aromatic heterocycles. The number of rotatable bonds is 5. The quantitative estimate of drug-likeness (QED) is 0.897. The zero-order chi connectivity index (χ0) is 15.7. The number of fused-ring (bicyclic) bond motifs is 1. The van der Waals surface area contributed by atoms with E-state index in [9.17, 15) is 8.42 Å². The third-order valence-electron chi connectivity index (χ3n) is 3.89. The molecule has 21 heavy (non-hydrogen) atoms. The van der Waals surface area contributed by atoms with E-state index in [4.69, 9.17) is 9.47 Å². The van der Waals surface area contributed by atoms with E-state index in [0.717, 1.165) is 17.1 Å². The molecule has 0 bridgehead atoms. The van der Waals surface area contributed by atoms with Gasteiger partial charge in [0.2, 0.25) is 0 Å². The van der Waals surface area contributed by atoms with Crippen LogP contribution in [0.2, 0.25) is 0 Å².